The van der Waals surface area contributed by atoms with E-state index in [0.717, 1.165) is 33.8 Å². The Balaban J connectivity index is 0.000000241. The van der Waals surface area contributed by atoms with Gasteiger partial charge in [-0.1, -0.05) is 0 Å². The van der Waals surface area contributed by atoms with Crippen LogP contribution in [0.25, 0.3) is 22.3 Å². The van der Waals surface area contributed by atoms with Crippen LogP contribution in [0.3, 0.4) is 0 Å². The number of rotatable bonds is 3. The molecule has 0 bridgehead atoms. The van der Waals surface area contributed by atoms with E-state index in [4.69, 9.17) is 4.74 Å². The molecule has 0 radical (unpaired) electrons. The number of phenolic OH excluding ortho intramolecular Hbond substituents is 1. The Bertz CT molecular complexity index is 1450. The first kappa shape index (κ1) is 33.9. The summed E-state index contributed by atoms with van der Waals surface area (Å²) in [7, 11) is 1.51. The highest BCUT2D eigenvalue weighted by Crippen LogP contribution is 2.39. The van der Waals surface area contributed by atoms with Crippen molar-refractivity contribution in [2.75, 3.05) is 7.11 Å². The van der Waals surface area contributed by atoms with Gasteiger partial charge in [-0.2, -0.15) is 0 Å². The van der Waals surface area contributed by atoms with Gasteiger partial charge in [0.25, 0.3) is 0 Å². The van der Waals surface area contributed by atoms with Gasteiger partial charge in [0, 0.05) is 34.4 Å². The van der Waals surface area contributed by atoms with Crippen molar-refractivity contribution in [2.24, 2.45) is 0 Å². The van der Waals surface area contributed by atoms with E-state index in [1.54, 1.807) is 18.2 Å². The zero-order valence-electron chi connectivity index (χ0n) is 20.6. The molecule has 0 aromatic heterocycles. The predicted molar refractivity (Wildman–Crippen MR) is 169 cm³/mol. The molecular weight excluding hydrogens is 843 g/mol. The maximum Gasteiger partial charge on any atom is 0.369 e. The van der Waals surface area contributed by atoms with Crippen LogP contribution < -0.4 is 4.74 Å². The summed E-state index contributed by atoms with van der Waals surface area (Å²) < 4.78 is 59.9. The lowest BCUT2D eigenvalue weighted by Gasteiger charge is -2.12. The fourth-order valence-corrected chi connectivity index (χ4v) is 4.80. The molecule has 206 valence electrons. The van der Waals surface area contributed by atoms with E-state index in [1.807, 2.05) is 19.9 Å². The first-order chi connectivity index (χ1) is 18.2. The number of methoxy groups -OCH3 is 1. The molecule has 0 amide bonds. The molecule has 0 aliphatic heterocycles. The van der Waals surface area contributed by atoms with Gasteiger partial charge in [-0.25, -0.2) is 17.6 Å². The van der Waals surface area contributed by atoms with Gasteiger partial charge in [-0.3, -0.25) is 0 Å². The second kappa shape index (κ2) is 15.6. The summed E-state index contributed by atoms with van der Waals surface area (Å²) in [6, 6.07) is 13.8. The van der Waals surface area contributed by atoms with E-state index in [9.17, 15) is 22.7 Å². The van der Waals surface area contributed by atoms with Gasteiger partial charge >= 0.3 is 3.18 Å². The van der Waals surface area contributed by atoms with Crippen LogP contribution in [-0.2, 0) is 0 Å². The number of hydrogen-bond donors (Lipinski definition) is 1. The van der Waals surface area contributed by atoms with Crippen LogP contribution in [0.1, 0.15) is 11.1 Å². The van der Waals surface area contributed by atoms with Gasteiger partial charge in [-0.15, -0.1) is 47.3 Å². The Morgan fingerprint density at radius 3 is 1.49 bits per heavy atom. The number of aryl methyl sites for hydroxylation is 2. The van der Waals surface area contributed by atoms with Gasteiger partial charge in [0.1, 0.15) is 34.8 Å². The standard InChI is InChI=1S/C14H11BrF2O.C13H9BrF2O.BBr3/c1-8-5-11(14(18-2)12(15)6-8)10-4-3-9(16)7-13(10)17;1-7-4-10(13(17)11(14)5-7)9-3-2-8(15)6-12(9)16;2-1(3)4/h3-7H,1-2H3;2-6,17H,1H3;. The zero-order valence-corrected chi connectivity index (χ0v) is 28.5. The quantitative estimate of drug-likeness (QED) is 0.164. The molecule has 12 heteroatoms. The molecule has 4 rings (SSSR count). The number of halogens is 9. The summed E-state index contributed by atoms with van der Waals surface area (Å²) in [6.07, 6.45) is 0. The summed E-state index contributed by atoms with van der Waals surface area (Å²) in [5.74, 6) is -2.06. The van der Waals surface area contributed by atoms with E-state index in [-0.39, 0.29) is 14.5 Å². The molecular formula is C27H20BBr5F4O2. The maximum absolute atomic E-state index is 13.8. The highest BCUT2D eigenvalue weighted by atomic mass is 79.9. The minimum atomic E-state index is -0.696. The molecule has 2 nitrogen and oxygen atoms in total. The molecule has 0 heterocycles. The van der Waals surface area contributed by atoms with Gasteiger partial charge in [0.2, 0.25) is 0 Å². The smallest absolute Gasteiger partial charge is 0.369 e. The zero-order chi connectivity index (χ0) is 29.4. The molecule has 0 unspecified atom stereocenters. The topological polar surface area (TPSA) is 29.5 Å². The molecule has 4 aromatic rings. The Morgan fingerprint density at radius 2 is 1.05 bits per heavy atom. The molecule has 0 saturated heterocycles. The van der Waals surface area contributed by atoms with Crippen molar-refractivity contribution < 1.29 is 27.4 Å². The molecule has 0 aliphatic rings. The van der Waals surface area contributed by atoms with Crippen molar-refractivity contribution in [3.8, 4) is 33.8 Å². The SMILES string of the molecule is BrB(Br)Br.COc1c(Br)cc(C)cc1-c1ccc(F)cc1F.Cc1cc(Br)c(O)c(-c2ccc(F)cc2F)c1. The summed E-state index contributed by atoms with van der Waals surface area (Å²) in [6.45, 7) is 3.73. The predicted octanol–water partition coefficient (Wildman–Crippen LogP) is 11.3. The Kier molecular flexibility index (Phi) is 13.6. The Morgan fingerprint density at radius 1 is 0.641 bits per heavy atom. The Hall–Kier alpha value is -1.34. The summed E-state index contributed by atoms with van der Waals surface area (Å²) >= 11 is 15.9. The average molecular weight is 863 g/mol. The largest absolute Gasteiger partial charge is 0.506 e. The van der Waals surface area contributed by atoms with Gasteiger partial charge < -0.3 is 9.84 Å². The highest BCUT2D eigenvalue weighted by molar-refractivity contribution is 9.69. The first-order valence-corrected chi connectivity index (χ1v) is 15.2. The minimum Gasteiger partial charge on any atom is -0.506 e. The second-order valence-corrected chi connectivity index (χ2v) is 16.1. The van der Waals surface area contributed by atoms with Crippen molar-refractivity contribution in [1.29, 1.82) is 0 Å². The molecule has 0 saturated carbocycles. The number of benzene rings is 4. The molecule has 0 aliphatic carbocycles. The number of hydrogen-bond acceptors (Lipinski definition) is 2. The van der Waals surface area contributed by atoms with Crippen molar-refractivity contribution >= 4 is 82.3 Å². The summed E-state index contributed by atoms with van der Waals surface area (Å²) in [5, 5.41) is 9.86. The normalized spacial score (nSPS) is 10.2. The minimum absolute atomic E-state index is 0.0545. The third-order valence-corrected chi connectivity index (χ3v) is 6.24. The number of ether oxygens (including phenoxy) is 1. The lowest BCUT2D eigenvalue weighted by molar-refractivity contribution is 0.413. The lowest BCUT2D eigenvalue weighted by Crippen LogP contribution is -1.93. The van der Waals surface area contributed by atoms with Crippen molar-refractivity contribution in [2.45, 2.75) is 13.8 Å². The van der Waals surface area contributed by atoms with E-state index in [1.165, 1.54) is 25.3 Å². The first-order valence-electron chi connectivity index (χ1n) is 10.9. The summed E-state index contributed by atoms with van der Waals surface area (Å²) in [5.41, 5.74) is 3.26. The van der Waals surface area contributed by atoms with Crippen LogP contribution in [0.2, 0.25) is 0 Å². The third kappa shape index (κ3) is 9.91. The number of phenols is 1. The molecule has 1 N–H and O–H groups in total. The van der Waals surface area contributed by atoms with Crippen LogP contribution in [0.4, 0.5) is 17.6 Å². The Labute approximate surface area is 266 Å². The highest BCUT2D eigenvalue weighted by Gasteiger charge is 2.15. The van der Waals surface area contributed by atoms with Crippen LogP contribution in [0, 0.1) is 37.1 Å². The summed E-state index contributed by atoms with van der Waals surface area (Å²) in [4.78, 5) is 0. The van der Waals surface area contributed by atoms with Crippen molar-refractivity contribution in [3.63, 3.8) is 0 Å². The molecule has 0 fully saturated rings. The van der Waals surface area contributed by atoms with Crippen molar-refractivity contribution in [3.05, 3.63) is 104 Å². The molecule has 0 atom stereocenters. The van der Waals surface area contributed by atoms with Crippen LogP contribution in [-0.4, -0.2) is 15.4 Å². The second-order valence-electron chi connectivity index (χ2n) is 7.97. The van der Waals surface area contributed by atoms with E-state index < -0.39 is 23.3 Å². The fourth-order valence-electron chi connectivity index (χ4n) is 3.49. The van der Waals surface area contributed by atoms with E-state index >= 15 is 0 Å². The molecule has 0 spiro atoms. The van der Waals surface area contributed by atoms with Crippen molar-refractivity contribution in [1.82, 2.24) is 0 Å². The van der Waals surface area contributed by atoms with E-state index in [2.05, 4.69) is 79.1 Å². The van der Waals surface area contributed by atoms with Crippen LogP contribution in [0.15, 0.2) is 69.6 Å². The van der Waals surface area contributed by atoms with Crippen LogP contribution in [0.5, 0.6) is 11.5 Å². The fraction of sp³-hybridized carbons (Fsp3) is 0.111. The lowest BCUT2D eigenvalue weighted by atomic mass is 10.0. The van der Waals surface area contributed by atoms with Gasteiger partial charge in [0.15, 0.2) is 0 Å². The third-order valence-electron chi connectivity index (χ3n) is 5.04. The van der Waals surface area contributed by atoms with Gasteiger partial charge in [0.05, 0.1) is 16.1 Å². The monoisotopic (exact) mass is 858 g/mol. The average Bonchev–Trinajstić information content (AvgIpc) is 2.81. The number of aromatic hydroxyl groups is 1. The van der Waals surface area contributed by atoms with Crippen LogP contribution >= 0.6 is 79.1 Å². The van der Waals surface area contributed by atoms with Gasteiger partial charge in [-0.05, 0) is 105 Å². The molecule has 4 aromatic carbocycles. The maximum atomic E-state index is 13.8. The molecule has 39 heavy (non-hydrogen) atoms. The van der Waals surface area contributed by atoms with E-state index in [0.29, 0.717) is 26.9 Å².